The molecule has 120 valence electrons. The summed E-state index contributed by atoms with van der Waals surface area (Å²) in [5.41, 5.74) is 0.713. The van der Waals surface area contributed by atoms with E-state index in [0.717, 1.165) is 13.0 Å². The number of hydrogen-bond donors (Lipinski definition) is 2. The molecule has 1 saturated heterocycles. The van der Waals surface area contributed by atoms with Crippen molar-refractivity contribution >= 4 is 10.0 Å². The van der Waals surface area contributed by atoms with Gasteiger partial charge in [-0.05, 0) is 32.7 Å². The Bertz CT molecular complexity index is 574. The first kappa shape index (κ1) is 16.5. The van der Waals surface area contributed by atoms with Crippen LogP contribution in [0.15, 0.2) is 9.31 Å². The van der Waals surface area contributed by atoms with Gasteiger partial charge in [0.05, 0.1) is 6.61 Å². The van der Waals surface area contributed by atoms with E-state index >= 15 is 0 Å². The minimum Gasteiger partial charge on any atom is -0.465 e. The molecule has 0 bridgehead atoms. The lowest BCUT2D eigenvalue weighted by molar-refractivity contribution is 0.186. The lowest BCUT2D eigenvalue weighted by Gasteiger charge is -2.11. The van der Waals surface area contributed by atoms with Crippen LogP contribution in [0, 0.1) is 19.8 Å². The molecule has 0 spiro atoms. The molecule has 1 aromatic rings. The van der Waals surface area contributed by atoms with Crippen molar-refractivity contribution < 1.29 is 17.6 Å². The molecule has 2 rings (SSSR count). The molecule has 1 aromatic heterocycles. The Morgan fingerprint density at radius 2 is 2.05 bits per heavy atom. The van der Waals surface area contributed by atoms with E-state index in [2.05, 4.69) is 10.0 Å². The monoisotopic (exact) mass is 316 g/mol. The minimum atomic E-state index is -3.56. The van der Waals surface area contributed by atoms with E-state index in [4.69, 9.17) is 9.15 Å². The topological polar surface area (TPSA) is 80.6 Å². The van der Waals surface area contributed by atoms with Crippen molar-refractivity contribution in [3.63, 3.8) is 0 Å². The van der Waals surface area contributed by atoms with E-state index in [9.17, 15) is 8.42 Å². The minimum absolute atomic E-state index is 0.255. The van der Waals surface area contributed by atoms with E-state index in [1.54, 1.807) is 13.8 Å². The fraction of sp³-hybridized carbons (Fsp3) is 0.714. The lowest BCUT2D eigenvalue weighted by Crippen LogP contribution is -2.31. The van der Waals surface area contributed by atoms with Crippen LogP contribution in [0.2, 0.25) is 0 Å². The van der Waals surface area contributed by atoms with Crippen LogP contribution in [0.4, 0.5) is 0 Å². The summed E-state index contributed by atoms with van der Waals surface area (Å²) in [6.45, 7) is 8.47. The number of furan rings is 1. The summed E-state index contributed by atoms with van der Waals surface area (Å²) >= 11 is 0. The summed E-state index contributed by atoms with van der Waals surface area (Å²) in [5.74, 6) is 1.35. The number of nitrogens with one attached hydrogen (secondary N) is 2. The Morgan fingerprint density at radius 3 is 2.67 bits per heavy atom. The maximum atomic E-state index is 12.6. The van der Waals surface area contributed by atoms with Gasteiger partial charge >= 0.3 is 0 Å². The van der Waals surface area contributed by atoms with Crippen molar-refractivity contribution in [3.8, 4) is 0 Å². The SMILES string of the molecule is CCNCc1c(C)oc(C)c1S(=O)(=O)NCC1CCOC1. The zero-order valence-corrected chi connectivity index (χ0v) is 13.7. The quantitative estimate of drug-likeness (QED) is 0.793. The molecule has 7 heteroatoms. The molecule has 2 heterocycles. The van der Waals surface area contributed by atoms with Crippen LogP contribution < -0.4 is 10.0 Å². The largest absolute Gasteiger partial charge is 0.465 e. The van der Waals surface area contributed by atoms with E-state index in [1.807, 2.05) is 6.92 Å². The molecular weight excluding hydrogens is 292 g/mol. The van der Waals surface area contributed by atoms with Gasteiger partial charge in [-0.3, -0.25) is 0 Å². The maximum Gasteiger partial charge on any atom is 0.244 e. The lowest BCUT2D eigenvalue weighted by atomic mass is 10.1. The summed E-state index contributed by atoms with van der Waals surface area (Å²) in [5, 5.41) is 3.16. The van der Waals surface area contributed by atoms with Gasteiger partial charge in [-0.1, -0.05) is 6.92 Å². The van der Waals surface area contributed by atoms with Gasteiger partial charge < -0.3 is 14.5 Å². The van der Waals surface area contributed by atoms with Gasteiger partial charge in [0.25, 0.3) is 0 Å². The average molecular weight is 316 g/mol. The van der Waals surface area contributed by atoms with Crippen LogP contribution in [0.5, 0.6) is 0 Å². The number of hydrogen-bond acceptors (Lipinski definition) is 5. The second kappa shape index (κ2) is 6.91. The van der Waals surface area contributed by atoms with Crippen molar-refractivity contribution in [3.05, 3.63) is 17.1 Å². The molecule has 0 radical (unpaired) electrons. The average Bonchev–Trinajstić information content (AvgIpc) is 3.02. The molecule has 1 aliphatic heterocycles. The van der Waals surface area contributed by atoms with Crippen LogP contribution in [-0.4, -0.2) is 34.7 Å². The summed E-state index contributed by atoms with van der Waals surface area (Å²) in [6.07, 6.45) is 0.899. The zero-order chi connectivity index (χ0) is 15.5. The Morgan fingerprint density at radius 1 is 1.29 bits per heavy atom. The second-order valence-corrected chi connectivity index (χ2v) is 7.09. The zero-order valence-electron chi connectivity index (χ0n) is 12.9. The fourth-order valence-corrected chi connectivity index (χ4v) is 4.12. The van der Waals surface area contributed by atoms with Gasteiger partial charge in [-0.15, -0.1) is 0 Å². The molecule has 0 saturated carbocycles. The highest BCUT2D eigenvalue weighted by atomic mass is 32.2. The third kappa shape index (κ3) is 3.85. The predicted octanol–water partition coefficient (Wildman–Crippen LogP) is 1.32. The molecule has 0 amide bonds. The first-order valence-electron chi connectivity index (χ1n) is 7.32. The second-order valence-electron chi connectivity index (χ2n) is 5.38. The van der Waals surface area contributed by atoms with Crippen molar-refractivity contribution in [2.75, 3.05) is 26.3 Å². The third-order valence-corrected chi connectivity index (χ3v) is 5.35. The van der Waals surface area contributed by atoms with Gasteiger partial charge in [-0.25, -0.2) is 13.1 Å². The molecule has 1 aliphatic rings. The molecule has 1 fully saturated rings. The smallest absolute Gasteiger partial charge is 0.244 e. The highest BCUT2D eigenvalue weighted by Gasteiger charge is 2.27. The number of sulfonamides is 1. The van der Waals surface area contributed by atoms with Crippen LogP contribution >= 0.6 is 0 Å². The summed E-state index contributed by atoms with van der Waals surface area (Å²) < 4.78 is 38.6. The normalized spacial score (nSPS) is 19.3. The summed E-state index contributed by atoms with van der Waals surface area (Å²) in [4.78, 5) is 0.278. The highest BCUT2D eigenvalue weighted by molar-refractivity contribution is 7.89. The summed E-state index contributed by atoms with van der Waals surface area (Å²) in [7, 11) is -3.56. The van der Waals surface area contributed by atoms with Gasteiger partial charge in [-0.2, -0.15) is 0 Å². The Kier molecular flexibility index (Phi) is 5.43. The van der Waals surface area contributed by atoms with Crippen LogP contribution in [0.3, 0.4) is 0 Å². The number of ether oxygens (including phenoxy) is 1. The predicted molar refractivity (Wildman–Crippen MR) is 79.7 cm³/mol. The van der Waals surface area contributed by atoms with Gasteiger partial charge in [0.1, 0.15) is 16.4 Å². The standard InChI is InChI=1S/C14H24N2O4S/c1-4-15-8-13-10(2)20-11(3)14(13)21(17,18)16-7-12-5-6-19-9-12/h12,15-16H,4-9H2,1-3H3. The molecule has 21 heavy (non-hydrogen) atoms. The molecule has 0 aromatic carbocycles. The molecule has 1 atom stereocenters. The van der Waals surface area contributed by atoms with Gasteiger partial charge in [0.2, 0.25) is 10.0 Å². The highest BCUT2D eigenvalue weighted by Crippen LogP contribution is 2.26. The van der Waals surface area contributed by atoms with Gasteiger partial charge in [0, 0.05) is 25.3 Å². The van der Waals surface area contributed by atoms with E-state index in [1.165, 1.54) is 0 Å². The first-order chi connectivity index (χ1) is 9.95. The van der Waals surface area contributed by atoms with E-state index in [-0.39, 0.29) is 10.8 Å². The van der Waals surface area contributed by atoms with Crippen molar-refractivity contribution in [2.45, 2.75) is 38.6 Å². The molecule has 0 aliphatic carbocycles. The molecular formula is C14H24N2O4S. The maximum absolute atomic E-state index is 12.6. The Labute approximate surface area is 126 Å². The molecule has 6 nitrogen and oxygen atoms in total. The van der Waals surface area contributed by atoms with Crippen molar-refractivity contribution in [1.82, 2.24) is 10.0 Å². The van der Waals surface area contributed by atoms with Crippen molar-refractivity contribution in [1.29, 1.82) is 0 Å². The Balaban J connectivity index is 2.17. The number of rotatable bonds is 7. The Hall–Kier alpha value is -0.890. The number of aryl methyl sites for hydroxylation is 2. The fourth-order valence-electron chi connectivity index (χ4n) is 2.56. The van der Waals surface area contributed by atoms with Crippen LogP contribution in [-0.2, 0) is 21.3 Å². The molecule has 1 unspecified atom stereocenters. The third-order valence-electron chi connectivity index (χ3n) is 3.73. The van der Waals surface area contributed by atoms with E-state index in [0.29, 0.717) is 43.4 Å². The van der Waals surface area contributed by atoms with Crippen molar-refractivity contribution in [2.24, 2.45) is 5.92 Å². The van der Waals surface area contributed by atoms with Crippen LogP contribution in [0.25, 0.3) is 0 Å². The van der Waals surface area contributed by atoms with Gasteiger partial charge in [0.15, 0.2) is 0 Å². The summed E-state index contributed by atoms with van der Waals surface area (Å²) in [6, 6.07) is 0. The first-order valence-corrected chi connectivity index (χ1v) is 8.81. The van der Waals surface area contributed by atoms with E-state index < -0.39 is 10.0 Å². The molecule has 2 N–H and O–H groups in total. The van der Waals surface area contributed by atoms with Crippen LogP contribution in [0.1, 0.15) is 30.4 Å².